The summed E-state index contributed by atoms with van der Waals surface area (Å²) in [7, 11) is -9.90. The van der Waals surface area contributed by atoms with Crippen LogP contribution in [0.4, 0.5) is 0 Å². The highest BCUT2D eigenvalue weighted by Crippen LogP contribution is 2.45. The second kappa shape index (κ2) is 65.0. The number of ether oxygens (including phenoxy) is 4. The summed E-state index contributed by atoms with van der Waals surface area (Å²) in [6.07, 6.45) is 51.2. The van der Waals surface area contributed by atoms with E-state index in [1.165, 1.54) is 193 Å². The van der Waals surface area contributed by atoms with Gasteiger partial charge in [-0.2, -0.15) is 0 Å². The number of unbranched alkanes of at least 4 members (excludes halogenated alkanes) is 42. The van der Waals surface area contributed by atoms with Crippen LogP contribution in [0.3, 0.4) is 0 Å². The summed E-state index contributed by atoms with van der Waals surface area (Å²) >= 11 is 0. The highest BCUT2D eigenvalue weighted by Gasteiger charge is 2.30. The molecule has 0 aromatic carbocycles. The van der Waals surface area contributed by atoms with Gasteiger partial charge in [0.2, 0.25) is 0 Å². The number of carbonyl (C=O) groups excluding carboxylic acids is 4. The van der Waals surface area contributed by atoms with Crippen LogP contribution in [0, 0.1) is 11.8 Å². The van der Waals surface area contributed by atoms with E-state index in [0.717, 1.165) is 102 Å². The third-order valence-corrected chi connectivity index (χ3v) is 18.9. The maximum atomic E-state index is 13.1. The first-order valence-corrected chi connectivity index (χ1v) is 41.0. The summed E-state index contributed by atoms with van der Waals surface area (Å²) in [6.45, 7) is 9.57. The molecule has 0 aliphatic carbocycles. The fraction of sp³-hybridized carbons (Fsp3) is 0.945. The van der Waals surface area contributed by atoms with Crippen LogP contribution in [0.1, 0.15) is 375 Å². The predicted octanol–water partition coefficient (Wildman–Crippen LogP) is 21.2. The Bertz CT molecular complexity index is 1790. The molecule has 0 aliphatic heterocycles. The molecule has 0 spiro atoms. The van der Waals surface area contributed by atoms with Gasteiger partial charge in [-0.05, 0) is 37.5 Å². The number of hydrogen-bond acceptors (Lipinski definition) is 15. The molecular formula is C73H142O17P2. The van der Waals surface area contributed by atoms with Crippen LogP contribution in [0.2, 0.25) is 0 Å². The number of phosphoric ester groups is 2. The van der Waals surface area contributed by atoms with Crippen molar-refractivity contribution in [2.24, 2.45) is 11.8 Å². The maximum absolute atomic E-state index is 13.1. The third-order valence-electron chi connectivity index (χ3n) is 17.0. The van der Waals surface area contributed by atoms with Crippen LogP contribution in [-0.2, 0) is 65.4 Å². The van der Waals surface area contributed by atoms with Gasteiger partial charge >= 0.3 is 39.5 Å². The lowest BCUT2D eigenvalue weighted by molar-refractivity contribution is -0.161. The van der Waals surface area contributed by atoms with Crippen molar-refractivity contribution in [3.63, 3.8) is 0 Å². The molecule has 0 saturated carbocycles. The first-order chi connectivity index (χ1) is 44.4. The quantitative estimate of drug-likeness (QED) is 0.0222. The van der Waals surface area contributed by atoms with Crippen molar-refractivity contribution in [3.05, 3.63) is 0 Å². The predicted molar refractivity (Wildman–Crippen MR) is 372 cm³/mol. The largest absolute Gasteiger partial charge is 0.472 e. The molecule has 19 heteroatoms. The Labute approximate surface area is 562 Å². The first-order valence-electron chi connectivity index (χ1n) is 38.0. The molecule has 17 nitrogen and oxygen atoms in total. The lowest BCUT2D eigenvalue weighted by Gasteiger charge is -2.21. The van der Waals surface area contributed by atoms with Gasteiger partial charge in [-0.25, -0.2) is 9.13 Å². The minimum atomic E-state index is -4.95. The van der Waals surface area contributed by atoms with Gasteiger partial charge in [-0.3, -0.25) is 37.3 Å². The fourth-order valence-electron chi connectivity index (χ4n) is 11.1. The van der Waals surface area contributed by atoms with Crippen molar-refractivity contribution in [1.29, 1.82) is 0 Å². The van der Waals surface area contributed by atoms with Gasteiger partial charge in [-0.15, -0.1) is 0 Å². The molecule has 5 atom stereocenters. The molecule has 0 heterocycles. The topological polar surface area (TPSA) is 237 Å². The Morgan fingerprint density at radius 2 is 0.500 bits per heavy atom. The van der Waals surface area contributed by atoms with E-state index in [4.69, 9.17) is 37.0 Å². The molecule has 2 unspecified atom stereocenters. The molecule has 0 aliphatic rings. The monoisotopic (exact) mass is 1350 g/mol. The smallest absolute Gasteiger partial charge is 0.462 e. The van der Waals surface area contributed by atoms with E-state index in [1.54, 1.807) is 0 Å². The molecule has 546 valence electrons. The summed E-state index contributed by atoms with van der Waals surface area (Å²) in [4.78, 5) is 72.6. The van der Waals surface area contributed by atoms with Crippen LogP contribution in [-0.4, -0.2) is 96.7 Å². The van der Waals surface area contributed by atoms with E-state index in [0.29, 0.717) is 25.7 Å². The summed E-state index contributed by atoms with van der Waals surface area (Å²) in [5.41, 5.74) is 0. The Morgan fingerprint density at radius 3 is 0.739 bits per heavy atom. The van der Waals surface area contributed by atoms with E-state index in [9.17, 15) is 43.2 Å². The minimum Gasteiger partial charge on any atom is -0.462 e. The number of rotatable bonds is 72. The summed E-state index contributed by atoms with van der Waals surface area (Å²) < 4.78 is 68.4. The van der Waals surface area contributed by atoms with Crippen molar-refractivity contribution in [1.82, 2.24) is 0 Å². The molecule has 0 aromatic rings. The van der Waals surface area contributed by atoms with Crippen molar-refractivity contribution in [2.75, 3.05) is 39.6 Å². The molecule has 0 rings (SSSR count). The summed E-state index contributed by atoms with van der Waals surface area (Å²) in [6, 6.07) is 0. The second-order valence-corrected chi connectivity index (χ2v) is 30.2. The second-order valence-electron chi connectivity index (χ2n) is 27.3. The molecule has 3 N–H and O–H groups in total. The molecule has 0 bridgehead atoms. The van der Waals surface area contributed by atoms with Crippen LogP contribution >= 0.6 is 15.6 Å². The Kier molecular flexibility index (Phi) is 63.7. The standard InChI is InChI=1S/C73H142O17P2/c1-7-9-11-13-15-17-18-19-22-25-32-38-44-50-56-71(76)84-62-69(89-72(77)57-51-45-39-33-26-23-20-21-24-30-35-41-47-53-65(3)4)64-88-92(81,82)86-60-67(74)59-85-91(79,80)87-63-68(61-83-70(75)55-49-43-37-29-16-14-12-10-8-2)90-73(78)58-52-46-40-34-28-27-31-36-42-48-54-66(5)6/h65-69,74H,7-64H2,1-6H3,(H,79,80)(H,81,82)/t67-,68+,69+/m0/s1. The lowest BCUT2D eigenvalue weighted by atomic mass is 10.0. The van der Waals surface area contributed by atoms with Crippen molar-refractivity contribution in [3.8, 4) is 0 Å². The van der Waals surface area contributed by atoms with E-state index < -0.39 is 97.5 Å². The summed E-state index contributed by atoms with van der Waals surface area (Å²) in [5.74, 6) is -0.581. The molecule has 0 fully saturated rings. The van der Waals surface area contributed by atoms with Gasteiger partial charge in [0.1, 0.15) is 19.3 Å². The minimum absolute atomic E-state index is 0.106. The number of aliphatic hydroxyl groups excluding tert-OH is 1. The molecule has 0 saturated heterocycles. The SMILES string of the molecule is CCCCCCCCCCCCCCCCC(=O)OC[C@H](COP(=O)(O)OC[C@@H](O)COP(=O)(O)OC[C@@H](COC(=O)CCCCCCCCCCC)OC(=O)CCCCCCCCCCCCC(C)C)OC(=O)CCCCCCCCCCCCCCCC(C)C. The first kappa shape index (κ1) is 90.1. The zero-order valence-corrected chi connectivity index (χ0v) is 61.6. The van der Waals surface area contributed by atoms with Gasteiger partial charge in [0.05, 0.1) is 26.4 Å². The molecular weight excluding hydrogens is 1210 g/mol. The number of esters is 4. The van der Waals surface area contributed by atoms with Crippen molar-refractivity contribution >= 4 is 39.5 Å². The van der Waals surface area contributed by atoms with E-state index >= 15 is 0 Å². The van der Waals surface area contributed by atoms with Crippen molar-refractivity contribution < 1.29 is 80.2 Å². The number of hydrogen-bond donors (Lipinski definition) is 3. The van der Waals surface area contributed by atoms with Gasteiger partial charge in [0.15, 0.2) is 12.2 Å². The van der Waals surface area contributed by atoms with Gasteiger partial charge in [0, 0.05) is 25.7 Å². The zero-order valence-electron chi connectivity index (χ0n) is 59.9. The lowest BCUT2D eigenvalue weighted by Crippen LogP contribution is -2.30. The van der Waals surface area contributed by atoms with Gasteiger partial charge in [0.25, 0.3) is 0 Å². The van der Waals surface area contributed by atoms with E-state index in [-0.39, 0.29) is 25.7 Å². The highest BCUT2D eigenvalue weighted by atomic mass is 31.2. The Hall–Kier alpha value is -1.94. The molecule has 0 amide bonds. The van der Waals surface area contributed by atoms with Crippen LogP contribution in [0.15, 0.2) is 0 Å². The average molecular weight is 1350 g/mol. The molecule has 0 radical (unpaired) electrons. The fourth-order valence-corrected chi connectivity index (χ4v) is 12.7. The maximum Gasteiger partial charge on any atom is 0.472 e. The Morgan fingerprint density at radius 1 is 0.293 bits per heavy atom. The third kappa shape index (κ3) is 66.7. The normalized spacial score (nSPS) is 14.1. The summed E-state index contributed by atoms with van der Waals surface area (Å²) in [5, 5.41) is 10.6. The van der Waals surface area contributed by atoms with Crippen LogP contribution in [0.5, 0.6) is 0 Å². The Balaban J connectivity index is 5.24. The van der Waals surface area contributed by atoms with Crippen molar-refractivity contribution in [2.45, 2.75) is 394 Å². The average Bonchev–Trinajstić information content (AvgIpc) is 2.59. The number of aliphatic hydroxyl groups is 1. The van der Waals surface area contributed by atoms with Gasteiger partial charge < -0.3 is 33.8 Å². The molecule has 0 aromatic heterocycles. The highest BCUT2D eigenvalue weighted by molar-refractivity contribution is 7.47. The number of phosphoric acid groups is 2. The van der Waals surface area contributed by atoms with E-state index in [2.05, 4.69) is 41.5 Å². The van der Waals surface area contributed by atoms with E-state index in [1.807, 2.05) is 0 Å². The van der Waals surface area contributed by atoms with Crippen LogP contribution in [0.25, 0.3) is 0 Å². The zero-order chi connectivity index (χ0) is 67.9. The van der Waals surface area contributed by atoms with Gasteiger partial charge in [-0.1, -0.05) is 324 Å². The van der Waals surface area contributed by atoms with Crippen LogP contribution < -0.4 is 0 Å². The molecule has 92 heavy (non-hydrogen) atoms. The number of carbonyl (C=O) groups is 4.